The average Bonchev–Trinajstić information content (AvgIpc) is 2.46. The number of carbonyl (C=O) groups is 1. The van der Waals surface area contributed by atoms with Crippen LogP contribution < -0.4 is 11.1 Å². The van der Waals surface area contributed by atoms with Gasteiger partial charge in [0.1, 0.15) is 0 Å². The van der Waals surface area contributed by atoms with Gasteiger partial charge in [0.15, 0.2) is 0 Å². The zero-order valence-corrected chi connectivity index (χ0v) is 14.2. The van der Waals surface area contributed by atoms with Gasteiger partial charge in [0, 0.05) is 22.1 Å². The summed E-state index contributed by atoms with van der Waals surface area (Å²) in [5.74, 6) is -0.0652. The first kappa shape index (κ1) is 17.6. The minimum atomic E-state index is -0.634. The van der Waals surface area contributed by atoms with Gasteiger partial charge < -0.3 is 11.1 Å². The van der Waals surface area contributed by atoms with Gasteiger partial charge in [-0.15, -0.1) is 5.06 Å². The van der Waals surface area contributed by atoms with Crippen LogP contribution >= 0.6 is 11.6 Å². The van der Waals surface area contributed by atoms with E-state index in [-0.39, 0.29) is 11.9 Å². The largest absolute Gasteiger partial charge is 0.367 e. The van der Waals surface area contributed by atoms with Crippen molar-refractivity contribution in [2.75, 3.05) is 12.4 Å². The van der Waals surface area contributed by atoms with Crippen LogP contribution in [0.25, 0.3) is 0 Å². The number of guanidine groups is 1. The molecule has 0 aliphatic heterocycles. The molecular formula is C15H17ClN6O2. The van der Waals surface area contributed by atoms with Crippen LogP contribution in [0.5, 0.6) is 0 Å². The number of benzene rings is 1. The van der Waals surface area contributed by atoms with Crippen molar-refractivity contribution in [3.8, 4) is 0 Å². The predicted octanol–water partition coefficient (Wildman–Crippen LogP) is 2.79. The first-order chi connectivity index (χ1) is 11.4. The number of hydroxylamine groups is 2. The van der Waals surface area contributed by atoms with E-state index in [4.69, 9.17) is 22.2 Å². The van der Waals surface area contributed by atoms with E-state index in [2.05, 4.69) is 20.3 Å². The maximum Gasteiger partial charge on any atom is 0.353 e. The number of anilines is 1. The molecule has 1 aromatic carbocycles. The molecule has 0 atom stereocenters. The highest BCUT2D eigenvalue weighted by atomic mass is 35.5. The Morgan fingerprint density at radius 2 is 1.96 bits per heavy atom. The highest BCUT2D eigenvalue weighted by Gasteiger charge is 2.18. The lowest BCUT2D eigenvalue weighted by Gasteiger charge is -2.18. The maximum atomic E-state index is 12.3. The monoisotopic (exact) mass is 348 g/mol. The molecule has 2 aromatic rings. The Kier molecular flexibility index (Phi) is 5.67. The molecule has 0 aliphatic rings. The fourth-order valence-corrected chi connectivity index (χ4v) is 2.12. The highest BCUT2D eigenvalue weighted by molar-refractivity contribution is 6.30. The van der Waals surface area contributed by atoms with Crippen LogP contribution in [0, 0.1) is 13.8 Å². The van der Waals surface area contributed by atoms with Crippen LogP contribution in [0.4, 0.5) is 16.4 Å². The number of carbonyl (C=O) groups excluding carboxylic acids is 1. The molecule has 9 heteroatoms. The third kappa shape index (κ3) is 4.64. The zero-order chi connectivity index (χ0) is 17.7. The number of amides is 2. The summed E-state index contributed by atoms with van der Waals surface area (Å²) in [6.45, 7) is 3.62. The number of aliphatic imine (C=N–C) groups is 1. The van der Waals surface area contributed by atoms with E-state index < -0.39 is 6.03 Å². The second-order valence-electron chi connectivity index (χ2n) is 4.84. The van der Waals surface area contributed by atoms with Gasteiger partial charge in [-0.05, 0) is 38.1 Å². The Bertz CT molecular complexity index is 760. The molecule has 0 spiro atoms. The fraction of sp³-hybridized carbons (Fsp3) is 0.200. The summed E-state index contributed by atoms with van der Waals surface area (Å²) in [7, 11) is 1.29. The number of nitrogens with zero attached hydrogens (tertiary/aromatic N) is 4. The highest BCUT2D eigenvalue weighted by Crippen LogP contribution is 2.15. The molecule has 8 nitrogen and oxygen atoms in total. The molecule has 126 valence electrons. The number of urea groups is 1. The first-order valence-corrected chi connectivity index (χ1v) is 7.34. The average molecular weight is 349 g/mol. The van der Waals surface area contributed by atoms with Gasteiger partial charge in [0.25, 0.3) is 5.95 Å². The van der Waals surface area contributed by atoms with E-state index in [1.54, 1.807) is 30.3 Å². The number of nitrogens with one attached hydrogen (secondary N) is 1. The summed E-state index contributed by atoms with van der Waals surface area (Å²) in [4.78, 5) is 29.5. The van der Waals surface area contributed by atoms with Crippen molar-refractivity contribution in [1.82, 2.24) is 15.0 Å². The fourth-order valence-electron chi connectivity index (χ4n) is 1.93. The lowest BCUT2D eigenvalue weighted by Crippen LogP contribution is -2.43. The minimum Gasteiger partial charge on any atom is -0.367 e. The van der Waals surface area contributed by atoms with E-state index in [1.165, 1.54) is 7.11 Å². The quantitative estimate of drug-likeness (QED) is 0.504. The van der Waals surface area contributed by atoms with Gasteiger partial charge >= 0.3 is 6.03 Å². The molecule has 0 unspecified atom stereocenters. The molecule has 2 rings (SSSR count). The summed E-state index contributed by atoms with van der Waals surface area (Å²) in [5, 5.41) is 3.88. The van der Waals surface area contributed by atoms with Crippen LogP contribution in [-0.2, 0) is 4.84 Å². The number of aromatic nitrogens is 2. The van der Waals surface area contributed by atoms with E-state index in [1.807, 2.05) is 13.8 Å². The minimum absolute atomic E-state index is 0.141. The number of hydrogen-bond acceptors (Lipinski definition) is 5. The maximum absolute atomic E-state index is 12.3. The molecule has 2 amide bonds. The molecule has 24 heavy (non-hydrogen) atoms. The smallest absolute Gasteiger partial charge is 0.353 e. The summed E-state index contributed by atoms with van der Waals surface area (Å²) >= 11 is 5.88. The number of halogens is 1. The van der Waals surface area contributed by atoms with E-state index in [0.717, 1.165) is 16.5 Å². The SMILES string of the molecule is CON(C(=O)Nc1cccc(Cl)c1)C(N)=Nc1nc(C)cc(C)n1. The van der Waals surface area contributed by atoms with E-state index in [0.29, 0.717) is 10.7 Å². The van der Waals surface area contributed by atoms with Crippen molar-refractivity contribution in [3.63, 3.8) is 0 Å². The van der Waals surface area contributed by atoms with Gasteiger partial charge in [-0.1, -0.05) is 17.7 Å². The molecular weight excluding hydrogens is 332 g/mol. The zero-order valence-electron chi connectivity index (χ0n) is 13.4. The lowest BCUT2D eigenvalue weighted by atomic mass is 10.3. The van der Waals surface area contributed by atoms with Gasteiger partial charge in [-0.2, -0.15) is 4.99 Å². The Morgan fingerprint density at radius 1 is 1.29 bits per heavy atom. The molecule has 0 saturated carbocycles. The van der Waals surface area contributed by atoms with Gasteiger partial charge in [0.2, 0.25) is 5.96 Å². The number of hydrogen-bond donors (Lipinski definition) is 2. The summed E-state index contributed by atoms with van der Waals surface area (Å²) < 4.78 is 0. The topological polar surface area (TPSA) is 106 Å². The number of nitrogens with two attached hydrogens (primary N) is 1. The Hall–Kier alpha value is -2.71. The van der Waals surface area contributed by atoms with Crippen LogP contribution in [0.2, 0.25) is 5.02 Å². The number of rotatable bonds is 3. The van der Waals surface area contributed by atoms with E-state index in [9.17, 15) is 4.79 Å². The van der Waals surface area contributed by atoms with Crippen LogP contribution in [-0.4, -0.2) is 34.1 Å². The summed E-state index contributed by atoms with van der Waals surface area (Å²) in [6.07, 6.45) is 0. The Labute approximate surface area is 144 Å². The van der Waals surface area contributed by atoms with Crippen molar-refractivity contribution in [2.45, 2.75) is 13.8 Å². The van der Waals surface area contributed by atoms with Gasteiger partial charge in [0.05, 0.1) is 7.11 Å². The Balaban J connectivity index is 2.19. The molecule has 0 fully saturated rings. The van der Waals surface area contributed by atoms with Crippen molar-refractivity contribution in [3.05, 3.63) is 46.7 Å². The normalized spacial score (nSPS) is 11.2. The van der Waals surface area contributed by atoms with Gasteiger partial charge in [-0.3, -0.25) is 4.84 Å². The van der Waals surface area contributed by atoms with Crippen molar-refractivity contribution < 1.29 is 9.63 Å². The molecule has 0 bridgehead atoms. The third-order valence-electron chi connectivity index (χ3n) is 2.84. The van der Waals surface area contributed by atoms with Crippen LogP contribution in [0.3, 0.4) is 0 Å². The molecule has 0 aliphatic carbocycles. The molecule has 0 saturated heterocycles. The second-order valence-corrected chi connectivity index (χ2v) is 5.27. The first-order valence-electron chi connectivity index (χ1n) is 6.96. The van der Waals surface area contributed by atoms with Gasteiger partial charge in [-0.25, -0.2) is 14.8 Å². The molecule has 1 heterocycles. The molecule has 1 aromatic heterocycles. The standard InChI is InChI=1S/C15H17ClN6O2/c1-9-7-10(2)19-14(18-9)21-13(17)22(24-3)15(23)20-12-6-4-5-11(16)8-12/h4-8H,1-3H3,(H,20,23)(H2,17,18,19,21). The predicted molar refractivity (Wildman–Crippen MR) is 92.1 cm³/mol. The summed E-state index contributed by atoms with van der Waals surface area (Å²) in [6, 6.07) is 7.83. The van der Waals surface area contributed by atoms with Crippen molar-refractivity contribution in [2.24, 2.45) is 10.7 Å². The second kappa shape index (κ2) is 7.71. The van der Waals surface area contributed by atoms with Crippen LogP contribution in [0.1, 0.15) is 11.4 Å². The summed E-state index contributed by atoms with van der Waals surface area (Å²) in [5.41, 5.74) is 7.79. The third-order valence-corrected chi connectivity index (χ3v) is 3.07. The lowest BCUT2D eigenvalue weighted by molar-refractivity contribution is -0.0207. The van der Waals surface area contributed by atoms with Crippen molar-refractivity contribution in [1.29, 1.82) is 0 Å². The van der Waals surface area contributed by atoms with Crippen LogP contribution in [0.15, 0.2) is 35.3 Å². The number of aryl methyl sites for hydroxylation is 2. The van der Waals surface area contributed by atoms with E-state index >= 15 is 0 Å². The van der Waals surface area contributed by atoms with Crippen molar-refractivity contribution >= 4 is 35.2 Å². The Morgan fingerprint density at radius 3 is 2.54 bits per heavy atom. The molecule has 3 N–H and O–H groups in total. The molecule has 0 radical (unpaired) electrons.